The molecule has 0 aliphatic carbocycles. The van der Waals surface area contributed by atoms with Crippen molar-refractivity contribution in [2.75, 3.05) is 18.9 Å². The van der Waals surface area contributed by atoms with Crippen LogP contribution in [0.4, 0.5) is 0 Å². The van der Waals surface area contributed by atoms with E-state index in [0.717, 1.165) is 6.42 Å². The van der Waals surface area contributed by atoms with Crippen LogP contribution in [0.5, 0.6) is 0 Å². The minimum absolute atomic E-state index is 0.0419. The van der Waals surface area contributed by atoms with Crippen LogP contribution in [0, 0.1) is 0 Å². The van der Waals surface area contributed by atoms with Crippen molar-refractivity contribution in [3.63, 3.8) is 0 Å². The first-order valence-corrected chi connectivity index (χ1v) is 7.36. The van der Waals surface area contributed by atoms with E-state index in [9.17, 15) is 13.5 Å². The molecule has 0 spiro atoms. The number of ether oxygens (including phenoxy) is 1. The highest BCUT2D eigenvalue weighted by molar-refractivity contribution is 7.89. The molecular weight excluding hydrogens is 230 g/mol. The molecule has 0 bridgehead atoms. The molecule has 2 unspecified atom stereocenters. The van der Waals surface area contributed by atoms with Crippen molar-refractivity contribution in [2.45, 2.75) is 44.8 Å². The van der Waals surface area contributed by atoms with E-state index in [-0.39, 0.29) is 18.4 Å². The Hall–Kier alpha value is -0.170. The van der Waals surface area contributed by atoms with E-state index in [1.807, 2.05) is 6.92 Å². The first-order chi connectivity index (χ1) is 7.40. The van der Waals surface area contributed by atoms with E-state index in [2.05, 4.69) is 4.72 Å². The molecule has 0 aromatic rings. The van der Waals surface area contributed by atoms with Crippen LogP contribution in [0.15, 0.2) is 0 Å². The summed E-state index contributed by atoms with van der Waals surface area (Å²) in [5.74, 6) is 0.120. The Morgan fingerprint density at radius 3 is 2.75 bits per heavy atom. The van der Waals surface area contributed by atoms with Gasteiger partial charge in [-0.2, -0.15) is 0 Å². The van der Waals surface area contributed by atoms with Gasteiger partial charge in [0.1, 0.15) is 5.60 Å². The van der Waals surface area contributed by atoms with Gasteiger partial charge in [-0.3, -0.25) is 0 Å². The van der Waals surface area contributed by atoms with E-state index in [4.69, 9.17) is 4.74 Å². The minimum atomic E-state index is -3.26. The van der Waals surface area contributed by atoms with Crippen LogP contribution in [0.1, 0.15) is 33.1 Å². The van der Waals surface area contributed by atoms with Gasteiger partial charge in [-0.1, -0.05) is 13.3 Å². The average Bonchev–Trinajstić information content (AvgIpc) is 2.55. The summed E-state index contributed by atoms with van der Waals surface area (Å²) >= 11 is 0. The number of hydrogen-bond acceptors (Lipinski definition) is 4. The van der Waals surface area contributed by atoms with Crippen molar-refractivity contribution < 1.29 is 18.3 Å². The van der Waals surface area contributed by atoms with E-state index in [0.29, 0.717) is 19.4 Å². The molecule has 1 rings (SSSR count). The zero-order valence-corrected chi connectivity index (χ0v) is 10.7. The van der Waals surface area contributed by atoms with Crippen molar-refractivity contribution in [3.05, 3.63) is 0 Å². The molecule has 16 heavy (non-hydrogen) atoms. The van der Waals surface area contributed by atoms with Crippen LogP contribution >= 0.6 is 0 Å². The maximum Gasteiger partial charge on any atom is 0.211 e. The summed E-state index contributed by atoms with van der Waals surface area (Å²) in [4.78, 5) is 0. The molecule has 1 aliphatic heterocycles. The highest BCUT2D eigenvalue weighted by Crippen LogP contribution is 2.24. The van der Waals surface area contributed by atoms with Crippen molar-refractivity contribution in [3.8, 4) is 0 Å². The Labute approximate surface area is 97.2 Å². The predicted molar refractivity (Wildman–Crippen MR) is 61.7 cm³/mol. The number of rotatable bonds is 6. The molecule has 0 saturated carbocycles. The number of sulfonamides is 1. The molecule has 6 heteroatoms. The molecule has 1 aliphatic rings. The lowest BCUT2D eigenvalue weighted by Gasteiger charge is -2.26. The fourth-order valence-corrected chi connectivity index (χ4v) is 2.93. The summed E-state index contributed by atoms with van der Waals surface area (Å²) in [6.07, 6.45) is 1.64. The largest absolute Gasteiger partial charge is 0.386 e. The molecular formula is C10H21NO4S. The van der Waals surface area contributed by atoms with Gasteiger partial charge in [0.05, 0.1) is 11.9 Å². The monoisotopic (exact) mass is 251 g/mol. The highest BCUT2D eigenvalue weighted by Gasteiger charge is 2.40. The molecule has 96 valence electrons. The topological polar surface area (TPSA) is 75.6 Å². The summed E-state index contributed by atoms with van der Waals surface area (Å²) in [5.41, 5.74) is -1.06. The predicted octanol–water partition coefficient (Wildman–Crippen LogP) is 0.246. The minimum Gasteiger partial charge on any atom is -0.386 e. The first kappa shape index (κ1) is 13.9. The smallest absolute Gasteiger partial charge is 0.211 e. The molecule has 2 atom stereocenters. The van der Waals surface area contributed by atoms with Crippen LogP contribution in [-0.4, -0.2) is 44.1 Å². The lowest BCUT2D eigenvalue weighted by Crippen LogP contribution is -2.47. The molecule has 1 heterocycles. The summed E-state index contributed by atoms with van der Waals surface area (Å²) in [6.45, 7) is 4.22. The first-order valence-electron chi connectivity index (χ1n) is 5.71. The Kier molecular flexibility index (Phi) is 4.73. The fraction of sp³-hybridized carbons (Fsp3) is 1.00. The molecule has 0 radical (unpaired) electrons. The van der Waals surface area contributed by atoms with Gasteiger partial charge in [0.15, 0.2) is 0 Å². The van der Waals surface area contributed by atoms with E-state index < -0.39 is 15.6 Å². The van der Waals surface area contributed by atoms with E-state index in [1.165, 1.54) is 0 Å². The number of hydrogen-bond donors (Lipinski definition) is 2. The van der Waals surface area contributed by atoms with Crippen molar-refractivity contribution in [1.82, 2.24) is 4.72 Å². The normalized spacial score (nSPS) is 30.8. The Morgan fingerprint density at radius 2 is 2.25 bits per heavy atom. The summed E-state index contributed by atoms with van der Waals surface area (Å²) in [6, 6.07) is 0. The molecule has 5 nitrogen and oxygen atoms in total. The zero-order chi connectivity index (χ0) is 12.2. The highest BCUT2D eigenvalue weighted by atomic mass is 32.2. The second-order valence-corrected chi connectivity index (χ2v) is 6.29. The average molecular weight is 251 g/mol. The third-order valence-corrected chi connectivity index (χ3v) is 4.43. The molecule has 0 amide bonds. The zero-order valence-electron chi connectivity index (χ0n) is 9.90. The van der Waals surface area contributed by atoms with Crippen molar-refractivity contribution in [2.24, 2.45) is 0 Å². The van der Waals surface area contributed by atoms with Crippen LogP contribution < -0.4 is 4.72 Å². The van der Waals surface area contributed by atoms with Gasteiger partial charge in [0.25, 0.3) is 0 Å². The Balaban J connectivity index is 2.44. The standard InChI is InChI=1S/C10H21NO4S/c1-3-4-7-16(13,14)11-8-10(12)5-6-15-9(10)2/h9,11-12H,3-8H2,1-2H3. The maximum atomic E-state index is 11.5. The van der Waals surface area contributed by atoms with Gasteiger partial charge in [-0.05, 0) is 13.3 Å². The second kappa shape index (κ2) is 5.44. The van der Waals surface area contributed by atoms with Gasteiger partial charge in [0.2, 0.25) is 10.0 Å². The van der Waals surface area contributed by atoms with Crippen LogP contribution in [0.3, 0.4) is 0 Å². The third kappa shape index (κ3) is 3.69. The van der Waals surface area contributed by atoms with Crippen LogP contribution in [0.2, 0.25) is 0 Å². The summed E-state index contributed by atoms with van der Waals surface area (Å²) in [7, 11) is -3.26. The molecule has 1 fully saturated rings. The van der Waals surface area contributed by atoms with Gasteiger partial charge in [0, 0.05) is 19.6 Å². The molecule has 0 aromatic carbocycles. The summed E-state index contributed by atoms with van der Waals surface area (Å²) < 4.78 is 30.7. The fourth-order valence-electron chi connectivity index (χ4n) is 1.64. The Morgan fingerprint density at radius 1 is 1.56 bits per heavy atom. The van der Waals surface area contributed by atoms with Crippen LogP contribution in [0.25, 0.3) is 0 Å². The SMILES string of the molecule is CCCCS(=O)(=O)NCC1(O)CCOC1C. The number of nitrogens with one attached hydrogen (secondary N) is 1. The Bertz CT molecular complexity index is 317. The maximum absolute atomic E-state index is 11.5. The lowest BCUT2D eigenvalue weighted by molar-refractivity contribution is -0.0228. The van der Waals surface area contributed by atoms with Crippen molar-refractivity contribution in [1.29, 1.82) is 0 Å². The van der Waals surface area contributed by atoms with Gasteiger partial charge < -0.3 is 9.84 Å². The molecule has 1 saturated heterocycles. The quantitative estimate of drug-likeness (QED) is 0.709. The van der Waals surface area contributed by atoms with Crippen LogP contribution in [-0.2, 0) is 14.8 Å². The van der Waals surface area contributed by atoms with Gasteiger partial charge in [-0.15, -0.1) is 0 Å². The lowest BCUT2D eigenvalue weighted by atomic mass is 9.97. The number of unbranched alkanes of at least 4 members (excludes halogenated alkanes) is 1. The van der Waals surface area contributed by atoms with Gasteiger partial charge >= 0.3 is 0 Å². The molecule has 2 N–H and O–H groups in total. The van der Waals surface area contributed by atoms with E-state index >= 15 is 0 Å². The number of aliphatic hydroxyl groups is 1. The molecule has 0 aromatic heterocycles. The second-order valence-electron chi connectivity index (χ2n) is 4.36. The van der Waals surface area contributed by atoms with Gasteiger partial charge in [-0.25, -0.2) is 13.1 Å². The van der Waals surface area contributed by atoms with E-state index in [1.54, 1.807) is 6.92 Å². The summed E-state index contributed by atoms with van der Waals surface area (Å²) in [5, 5.41) is 10.1. The van der Waals surface area contributed by atoms with Crippen molar-refractivity contribution >= 4 is 10.0 Å². The third-order valence-electron chi connectivity index (χ3n) is 3.02.